The molecule has 0 saturated heterocycles. The Morgan fingerprint density at radius 1 is 1.43 bits per heavy atom. The highest BCUT2D eigenvalue weighted by Gasteiger charge is 2.13. The molecule has 1 aromatic carbocycles. The molecule has 1 aromatic heterocycles. The maximum atomic E-state index is 12.0. The summed E-state index contributed by atoms with van der Waals surface area (Å²) in [4.78, 5) is 26.1. The molecule has 0 bridgehead atoms. The standard InChI is InChI=1S/C13H13BrN4O3/c1-7-12(14)8(2)17(13(19)16-7)6-9-3-4-11(18(20)21)10(15)5-9/h3-5H,6,15H2,1-2H3. The molecular formula is C13H13BrN4O3. The van der Waals surface area contributed by atoms with Crippen LogP contribution in [0.2, 0.25) is 0 Å². The van der Waals surface area contributed by atoms with Gasteiger partial charge in [-0.05, 0) is 41.4 Å². The van der Waals surface area contributed by atoms with Gasteiger partial charge in [0.25, 0.3) is 5.69 Å². The van der Waals surface area contributed by atoms with Gasteiger partial charge in [-0.15, -0.1) is 0 Å². The topological polar surface area (TPSA) is 104 Å². The van der Waals surface area contributed by atoms with E-state index in [4.69, 9.17) is 5.73 Å². The summed E-state index contributed by atoms with van der Waals surface area (Å²) < 4.78 is 2.24. The SMILES string of the molecule is Cc1nc(=O)n(Cc2ccc([N+](=O)[O-])c(N)c2)c(C)c1Br. The van der Waals surface area contributed by atoms with Crippen molar-refractivity contribution in [1.82, 2.24) is 9.55 Å². The summed E-state index contributed by atoms with van der Waals surface area (Å²) in [5.74, 6) is 0. The highest BCUT2D eigenvalue weighted by atomic mass is 79.9. The number of aromatic nitrogens is 2. The number of anilines is 1. The van der Waals surface area contributed by atoms with Crippen LogP contribution in [0.4, 0.5) is 11.4 Å². The van der Waals surface area contributed by atoms with E-state index in [-0.39, 0.29) is 23.6 Å². The fraction of sp³-hybridized carbons (Fsp3) is 0.231. The zero-order valence-corrected chi connectivity index (χ0v) is 13.0. The number of halogens is 1. The number of aryl methyl sites for hydroxylation is 1. The van der Waals surface area contributed by atoms with E-state index in [0.29, 0.717) is 11.3 Å². The zero-order chi connectivity index (χ0) is 15.7. The molecule has 0 amide bonds. The van der Waals surface area contributed by atoms with Gasteiger partial charge < -0.3 is 5.73 Å². The van der Waals surface area contributed by atoms with Gasteiger partial charge in [-0.25, -0.2) is 4.79 Å². The number of nitrogens with two attached hydrogens (primary N) is 1. The van der Waals surface area contributed by atoms with Crippen LogP contribution in [0.5, 0.6) is 0 Å². The molecule has 7 nitrogen and oxygen atoms in total. The molecule has 8 heteroatoms. The second-order valence-electron chi connectivity index (χ2n) is 4.62. The van der Waals surface area contributed by atoms with Gasteiger partial charge >= 0.3 is 5.69 Å². The van der Waals surface area contributed by atoms with E-state index >= 15 is 0 Å². The monoisotopic (exact) mass is 352 g/mol. The first-order valence-electron chi connectivity index (χ1n) is 6.07. The van der Waals surface area contributed by atoms with Crippen molar-refractivity contribution in [1.29, 1.82) is 0 Å². The number of nitrogens with zero attached hydrogens (tertiary/aromatic N) is 3. The minimum absolute atomic E-state index is 0.0716. The second-order valence-corrected chi connectivity index (χ2v) is 5.41. The number of benzene rings is 1. The Labute approximate surface area is 128 Å². The van der Waals surface area contributed by atoms with Gasteiger partial charge in [0.05, 0.1) is 21.6 Å². The van der Waals surface area contributed by atoms with Crippen LogP contribution in [0, 0.1) is 24.0 Å². The van der Waals surface area contributed by atoms with Gasteiger partial charge in [0.15, 0.2) is 0 Å². The molecule has 0 unspecified atom stereocenters. The molecule has 0 aliphatic heterocycles. The van der Waals surface area contributed by atoms with Gasteiger partial charge in [-0.3, -0.25) is 14.7 Å². The number of hydrogen-bond acceptors (Lipinski definition) is 5. The highest BCUT2D eigenvalue weighted by Crippen LogP contribution is 2.23. The molecule has 21 heavy (non-hydrogen) atoms. The summed E-state index contributed by atoms with van der Waals surface area (Å²) in [6.07, 6.45) is 0. The predicted molar refractivity (Wildman–Crippen MR) is 82.3 cm³/mol. The molecule has 0 aliphatic carbocycles. The normalized spacial score (nSPS) is 10.6. The first-order chi connectivity index (χ1) is 9.81. The third kappa shape index (κ3) is 2.94. The Morgan fingerprint density at radius 2 is 2.10 bits per heavy atom. The lowest BCUT2D eigenvalue weighted by Crippen LogP contribution is -2.27. The van der Waals surface area contributed by atoms with E-state index in [2.05, 4.69) is 20.9 Å². The van der Waals surface area contributed by atoms with E-state index < -0.39 is 4.92 Å². The molecule has 2 N–H and O–H groups in total. The minimum atomic E-state index is -0.541. The Hall–Kier alpha value is -2.22. The molecule has 0 radical (unpaired) electrons. The molecule has 2 aromatic rings. The molecule has 0 saturated carbocycles. The number of nitro benzene ring substituents is 1. The van der Waals surface area contributed by atoms with Gasteiger partial charge in [-0.1, -0.05) is 6.07 Å². The first kappa shape index (κ1) is 15.2. The third-order valence-electron chi connectivity index (χ3n) is 3.16. The van der Waals surface area contributed by atoms with E-state index in [9.17, 15) is 14.9 Å². The average molecular weight is 353 g/mol. The van der Waals surface area contributed by atoms with E-state index in [1.54, 1.807) is 19.9 Å². The van der Waals surface area contributed by atoms with Crippen LogP contribution in [-0.4, -0.2) is 14.5 Å². The Kier molecular flexibility index (Phi) is 4.08. The largest absolute Gasteiger partial charge is 0.393 e. The summed E-state index contributed by atoms with van der Waals surface area (Å²) in [5.41, 5.74) is 7.26. The van der Waals surface area contributed by atoms with E-state index in [1.165, 1.54) is 16.7 Å². The predicted octanol–water partition coefficient (Wildman–Crippen LogP) is 2.16. The van der Waals surface area contributed by atoms with Crippen LogP contribution < -0.4 is 11.4 Å². The van der Waals surface area contributed by atoms with E-state index in [1.807, 2.05) is 0 Å². The first-order valence-corrected chi connectivity index (χ1v) is 6.87. The van der Waals surface area contributed by atoms with Crippen molar-refractivity contribution in [3.05, 3.63) is 60.2 Å². The Balaban J connectivity index is 2.44. The van der Waals surface area contributed by atoms with Crippen LogP contribution in [0.3, 0.4) is 0 Å². The fourth-order valence-corrected chi connectivity index (χ4v) is 2.32. The maximum absolute atomic E-state index is 12.0. The lowest BCUT2D eigenvalue weighted by molar-refractivity contribution is -0.383. The summed E-state index contributed by atoms with van der Waals surface area (Å²) in [5, 5.41) is 10.7. The van der Waals surface area contributed by atoms with Crippen LogP contribution in [0.1, 0.15) is 17.0 Å². The minimum Gasteiger partial charge on any atom is -0.393 e. The number of hydrogen-bond donors (Lipinski definition) is 1. The quantitative estimate of drug-likeness (QED) is 0.517. The van der Waals surface area contributed by atoms with Crippen LogP contribution in [0.15, 0.2) is 27.5 Å². The van der Waals surface area contributed by atoms with Gasteiger partial charge in [0.1, 0.15) is 5.69 Å². The molecule has 0 aliphatic rings. The van der Waals surface area contributed by atoms with Gasteiger partial charge in [-0.2, -0.15) is 4.98 Å². The van der Waals surface area contributed by atoms with Crippen molar-refractivity contribution in [2.45, 2.75) is 20.4 Å². The number of rotatable bonds is 3. The summed E-state index contributed by atoms with van der Waals surface area (Å²) >= 11 is 3.39. The van der Waals surface area contributed by atoms with Crippen LogP contribution in [-0.2, 0) is 6.54 Å². The highest BCUT2D eigenvalue weighted by molar-refractivity contribution is 9.10. The van der Waals surface area contributed by atoms with Crippen molar-refractivity contribution >= 4 is 27.3 Å². The summed E-state index contributed by atoms with van der Waals surface area (Å²) in [6.45, 7) is 3.79. The number of nitro groups is 1. The van der Waals surface area contributed by atoms with Crippen LogP contribution >= 0.6 is 15.9 Å². The van der Waals surface area contributed by atoms with Crippen molar-refractivity contribution < 1.29 is 4.92 Å². The van der Waals surface area contributed by atoms with E-state index in [0.717, 1.165) is 10.2 Å². The van der Waals surface area contributed by atoms with Gasteiger partial charge in [0.2, 0.25) is 0 Å². The second kappa shape index (κ2) is 5.65. The zero-order valence-electron chi connectivity index (χ0n) is 11.5. The molecule has 0 spiro atoms. The van der Waals surface area contributed by atoms with Crippen molar-refractivity contribution in [3.8, 4) is 0 Å². The third-order valence-corrected chi connectivity index (χ3v) is 4.31. The Bertz CT molecular complexity index is 786. The average Bonchev–Trinajstić information content (AvgIpc) is 2.41. The van der Waals surface area contributed by atoms with Crippen molar-refractivity contribution in [2.24, 2.45) is 0 Å². The lowest BCUT2D eigenvalue weighted by atomic mass is 10.1. The molecular weight excluding hydrogens is 340 g/mol. The smallest absolute Gasteiger partial charge is 0.348 e. The molecule has 2 rings (SSSR count). The lowest BCUT2D eigenvalue weighted by Gasteiger charge is -2.12. The number of nitrogen functional groups attached to an aromatic ring is 1. The molecule has 0 fully saturated rings. The summed E-state index contributed by atoms with van der Waals surface area (Å²) in [6, 6.07) is 4.41. The van der Waals surface area contributed by atoms with Gasteiger partial charge in [0, 0.05) is 11.8 Å². The van der Waals surface area contributed by atoms with Crippen molar-refractivity contribution in [3.63, 3.8) is 0 Å². The Morgan fingerprint density at radius 3 is 2.67 bits per heavy atom. The van der Waals surface area contributed by atoms with Crippen LogP contribution in [0.25, 0.3) is 0 Å². The fourth-order valence-electron chi connectivity index (χ4n) is 2.01. The molecule has 110 valence electrons. The maximum Gasteiger partial charge on any atom is 0.348 e. The van der Waals surface area contributed by atoms with Crippen molar-refractivity contribution in [2.75, 3.05) is 5.73 Å². The summed E-state index contributed by atoms with van der Waals surface area (Å²) in [7, 11) is 0. The molecule has 0 atom stereocenters. The molecule has 1 heterocycles.